The summed E-state index contributed by atoms with van der Waals surface area (Å²) in [4.78, 5) is 28.1. The third kappa shape index (κ3) is 7.10. The third-order valence-electron chi connectivity index (χ3n) is 5.70. The number of nitrogens with one attached hydrogen (secondary N) is 2. The SMILES string of the molecule is CCc1ccccc1NC(=O)C[NH+]1CCN(C(=O)CCCOc2cccc(C)c2)CC1. The normalized spacial score (nSPS) is 14.3. The van der Waals surface area contributed by atoms with E-state index in [4.69, 9.17) is 4.74 Å². The van der Waals surface area contributed by atoms with Crippen molar-refractivity contribution in [2.45, 2.75) is 33.1 Å². The molecule has 0 aliphatic carbocycles. The molecular formula is C25H34N3O3+. The lowest BCUT2D eigenvalue weighted by atomic mass is 10.1. The Labute approximate surface area is 185 Å². The van der Waals surface area contributed by atoms with Crippen LogP contribution in [0.2, 0.25) is 0 Å². The smallest absolute Gasteiger partial charge is 0.279 e. The number of anilines is 1. The molecule has 3 rings (SSSR count). The number of hydrogen-bond donors (Lipinski definition) is 2. The van der Waals surface area contributed by atoms with Gasteiger partial charge in [0, 0.05) is 12.1 Å². The molecule has 0 spiro atoms. The van der Waals surface area contributed by atoms with Gasteiger partial charge in [0.25, 0.3) is 5.91 Å². The van der Waals surface area contributed by atoms with Crippen LogP contribution in [0.3, 0.4) is 0 Å². The molecule has 0 radical (unpaired) electrons. The molecule has 1 aliphatic rings. The van der Waals surface area contributed by atoms with Gasteiger partial charge in [0.1, 0.15) is 5.75 Å². The Balaban J connectivity index is 1.34. The number of rotatable bonds is 9. The van der Waals surface area contributed by atoms with E-state index >= 15 is 0 Å². The van der Waals surface area contributed by atoms with Gasteiger partial charge in [-0.05, 0) is 49.1 Å². The van der Waals surface area contributed by atoms with Crippen molar-refractivity contribution in [3.63, 3.8) is 0 Å². The minimum absolute atomic E-state index is 0.0315. The maximum Gasteiger partial charge on any atom is 0.279 e. The van der Waals surface area contributed by atoms with Gasteiger partial charge in [-0.2, -0.15) is 0 Å². The van der Waals surface area contributed by atoms with Gasteiger partial charge in [-0.25, -0.2) is 0 Å². The summed E-state index contributed by atoms with van der Waals surface area (Å²) >= 11 is 0. The quantitative estimate of drug-likeness (QED) is 0.606. The molecule has 1 saturated heterocycles. The number of piperazine rings is 1. The molecule has 6 heteroatoms. The first-order valence-electron chi connectivity index (χ1n) is 11.2. The van der Waals surface area contributed by atoms with E-state index in [0.29, 0.717) is 39.1 Å². The average molecular weight is 425 g/mol. The molecule has 31 heavy (non-hydrogen) atoms. The van der Waals surface area contributed by atoms with Gasteiger partial charge in [-0.1, -0.05) is 37.3 Å². The number of quaternary nitrogens is 1. The van der Waals surface area contributed by atoms with Crippen molar-refractivity contribution in [1.29, 1.82) is 0 Å². The van der Waals surface area contributed by atoms with Gasteiger partial charge in [0.15, 0.2) is 6.54 Å². The molecule has 1 aliphatic heterocycles. The van der Waals surface area contributed by atoms with Gasteiger partial charge < -0.3 is 19.9 Å². The number of para-hydroxylation sites is 1. The molecule has 2 aromatic rings. The summed E-state index contributed by atoms with van der Waals surface area (Å²) in [5, 5.41) is 3.04. The Morgan fingerprint density at radius 2 is 1.87 bits per heavy atom. The molecule has 1 heterocycles. The number of aryl methyl sites for hydroxylation is 2. The van der Waals surface area contributed by atoms with Crippen molar-refractivity contribution < 1.29 is 19.2 Å². The van der Waals surface area contributed by atoms with Crippen molar-refractivity contribution in [1.82, 2.24) is 4.90 Å². The van der Waals surface area contributed by atoms with E-state index in [-0.39, 0.29) is 11.8 Å². The molecule has 0 atom stereocenters. The predicted octanol–water partition coefficient (Wildman–Crippen LogP) is 2.08. The van der Waals surface area contributed by atoms with E-state index in [9.17, 15) is 9.59 Å². The van der Waals surface area contributed by atoms with Crippen molar-refractivity contribution in [3.05, 3.63) is 59.7 Å². The Bertz CT molecular complexity index is 876. The molecule has 6 nitrogen and oxygen atoms in total. The second-order valence-corrected chi connectivity index (χ2v) is 8.13. The van der Waals surface area contributed by atoms with Crippen LogP contribution in [0.25, 0.3) is 0 Å². The zero-order valence-corrected chi connectivity index (χ0v) is 18.7. The highest BCUT2D eigenvalue weighted by Crippen LogP contribution is 2.15. The van der Waals surface area contributed by atoms with E-state index in [0.717, 1.165) is 42.1 Å². The van der Waals surface area contributed by atoms with Gasteiger partial charge in [-0.15, -0.1) is 0 Å². The van der Waals surface area contributed by atoms with Crippen LogP contribution in [0.4, 0.5) is 5.69 Å². The molecule has 0 aromatic heterocycles. The lowest BCUT2D eigenvalue weighted by Crippen LogP contribution is -3.15. The van der Waals surface area contributed by atoms with E-state index in [1.54, 1.807) is 0 Å². The van der Waals surface area contributed by atoms with Crippen molar-refractivity contribution in [3.8, 4) is 5.75 Å². The van der Waals surface area contributed by atoms with Gasteiger partial charge in [0.2, 0.25) is 5.91 Å². The topological polar surface area (TPSA) is 63.1 Å². The molecular weight excluding hydrogens is 390 g/mol. The second-order valence-electron chi connectivity index (χ2n) is 8.13. The lowest BCUT2D eigenvalue weighted by Gasteiger charge is -2.32. The summed E-state index contributed by atoms with van der Waals surface area (Å²) in [6, 6.07) is 15.9. The Kier molecular flexibility index (Phi) is 8.47. The van der Waals surface area contributed by atoms with Crippen LogP contribution in [-0.2, 0) is 16.0 Å². The Morgan fingerprint density at radius 1 is 1.10 bits per heavy atom. The first-order chi connectivity index (χ1) is 15.0. The van der Waals surface area contributed by atoms with Crippen LogP contribution < -0.4 is 15.0 Å². The molecule has 1 fully saturated rings. The zero-order valence-electron chi connectivity index (χ0n) is 18.7. The summed E-state index contributed by atoms with van der Waals surface area (Å²) in [6.07, 6.45) is 2.09. The fourth-order valence-corrected chi connectivity index (χ4v) is 3.90. The van der Waals surface area contributed by atoms with Crippen molar-refractivity contribution in [2.75, 3.05) is 44.6 Å². The monoisotopic (exact) mass is 424 g/mol. The highest BCUT2D eigenvalue weighted by molar-refractivity contribution is 5.92. The zero-order chi connectivity index (χ0) is 22.1. The second kappa shape index (κ2) is 11.5. The van der Waals surface area contributed by atoms with E-state index < -0.39 is 0 Å². The van der Waals surface area contributed by atoms with Gasteiger partial charge in [0.05, 0.1) is 32.8 Å². The summed E-state index contributed by atoms with van der Waals surface area (Å²) in [6.45, 7) is 8.09. The van der Waals surface area contributed by atoms with Crippen LogP contribution in [0, 0.1) is 6.92 Å². The standard InChI is InChI=1S/C25H33N3O3/c1-3-21-9-4-5-11-23(21)26-24(29)19-27-13-15-28(16-14-27)25(30)12-7-17-31-22-10-6-8-20(2)18-22/h4-6,8-11,18H,3,7,12-17,19H2,1-2H3,(H,26,29)/p+1. The van der Waals surface area contributed by atoms with Crippen LogP contribution in [0.1, 0.15) is 30.9 Å². The van der Waals surface area contributed by atoms with E-state index in [2.05, 4.69) is 12.2 Å². The molecule has 166 valence electrons. The van der Waals surface area contributed by atoms with Crippen LogP contribution in [0.15, 0.2) is 48.5 Å². The van der Waals surface area contributed by atoms with Crippen LogP contribution >= 0.6 is 0 Å². The lowest BCUT2D eigenvalue weighted by molar-refractivity contribution is -0.895. The number of nitrogens with zero attached hydrogens (tertiary/aromatic N) is 1. The number of hydrogen-bond acceptors (Lipinski definition) is 3. The number of carbonyl (C=O) groups is 2. The fraction of sp³-hybridized carbons (Fsp3) is 0.440. The number of carbonyl (C=O) groups excluding carboxylic acids is 2. The Morgan fingerprint density at radius 3 is 2.61 bits per heavy atom. The molecule has 2 amide bonds. The predicted molar refractivity (Wildman–Crippen MR) is 123 cm³/mol. The largest absolute Gasteiger partial charge is 0.494 e. The Hall–Kier alpha value is -2.86. The average Bonchev–Trinajstić information content (AvgIpc) is 2.77. The maximum absolute atomic E-state index is 12.5. The molecule has 2 aromatic carbocycles. The minimum Gasteiger partial charge on any atom is -0.494 e. The summed E-state index contributed by atoms with van der Waals surface area (Å²) in [7, 11) is 0. The summed E-state index contributed by atoms with van der Waals surface area (Å²) < 4.78 is 5.73. The van der Waals surface area contributed by atoms with Crippen molar-refractivity contribution >= 4 is 17.5 Å². The first-order valence-corrected chi connectivity index (χ1v) is 11.2. The number of ether oxygens (including phenoxy) is 1. The summed E-state index contributed by atoms with van der Waals surface area (Å²) in [5.74, 6) is 1.06. The maximum atomic E-state index is 12.5. The third-order valence-corrected chi connectivity index (χ3v) is 5.70. The van der Waals surface area contributed by atoms with Crippen molar-refractivity contribution in [2.24, 2.45) is 0 Å². The molecule has 0 saturated carbocycles. The molecule has 2 N–H and O–H groups in total. The fourth-order valence-electron chi connectivity index (χ4n) is 3.90. The highest BCUT2D eigenvalue weighted by atomic mass is 16.5. The van der Waals surface area contributed by atoms with Crippen LogP contribution in [0.5, 0.6) is 5.75 Å². The van der Waals surface area contributed by atoms with E-state index in [1.807, 2.05) is 60.4 Å². The first kappa shape index (κ1) is 22.8. The summed E-state index contributed by atoms with van der Waals surface area (Å²) in [5.41, 5.74) is 3.21. The molecule has 0 unspecified atom stereocenters. The molecule has 0 bridgehead atoms. The minimum atomic E-state index is 0.0315. The van der Waals surface area contributed by atoms with E-state index in [1.165, 1.54) is 4.90 Å². The number of benzene rings is 2. The highest BCUT2D eigenvalue weighted by Gasteiger charge is 2.25. The number of amides is 2. The van der Waals surface area contributed by atoms with Gasteiger partial charge >= 0.3 is 0 Å². The van der Waals surface area contributed by atoms with Gasteiger partial charge in [-0.3, -0.25) is 9.59 Å². The van der Waals surface area contributed by atoms with Crippen LogP contribution in [-0.4, -0.2) is 56.0 Å².